The Hall–Kier alpha value is 0.270. The molecule has 0 aromatic rings. The Kier molecular flexibility index (Phi) is 10.0. The van der Waals surface area contributed by atoms with E-state index in [0.717, 1.165) is 18.9 Å². The lowest BCUT2D eigenvalue weighted by molar-refractivity contribution is 0.122. The molecule has 0 saturated carbocycles. The second kappa shape index (κ2) is 9.81. The Labute approximate surface area is 94.4 Å². The largest absolute Gasteiger partial charge is 0.383 e. The van der Waals surface area contributed by atoms with E-state index in [0.29, 0.717) is 6.04 Å². The van der Waals surface area contributed by atoms with Crippen molar-refractivity contribution in [2.75, 3.05) is 32.6 Å². The third kappa shape index (κ3) is 6.68. The van der Waals surface area contributed by atoms with Gasteiger partial charge in [0.05, 0.1) is 6.61 Å². The minimum atomic E-state index is 0.671. The van der Waals surface area contributed by atoms with E-state index < -0.39 is 0 Å². The maximum absolute atomic E-state index is 5.12. The lowest BCUT2D eigenvalue weighted by Crippen LogP contribution is -2.36. The molecule has 0 bridgehead atoms. The molecule has 2 nitrogen and oxygen atoms in total. The molecule has 0 aromatic heterocycles. The predicted molar refractivity (Wildman–Crippen MR) is 66.3 cm³/mol. The molecule has 0 aliphatic rings. The van der Waals surface area contributed by atoms with Gasteiger partial charge in [-0.05, 0) is 38.5 Å². The maximum Gasteiger partial charge on any atom is 0.0589 e. The first kappa shape index (κ1) is 14.3. The zero-order valence-electron chi connectivity index (χ0n) is 9.83. The van der Waals surface area contributed by atoms with Crippen molar-refractivity contribution < 1.29 is 4.74 Å². The normalized spacial score (nSPS) is 13.5. The van der Waals surface area contributed by atoms with E-state index in [9.17, 15) is 0 Å². The number of hydrogen-bond acceptors (Lipinski definition) is 3. The molecule has 1 unspecified atom stereocenters. The lowest BCUT2D eigenvalue weighted by Gasteiger charge is -2.27. The van der Waals surface area contributed by atoms with Gasteiger partial charge in [0.25, 0.3) is 0 Å². The summed E-state index contributed by atoms with van der Waals surface area (Å²) in [6, 6.07) is 0.671. The van der Waals surface area contributed by atoms with Crippen LogP contribution in [-0.2, 0) is 4.74 Å². The summed E-state index contributed by atoms with van der Waals surface area (Å²) in [4.78, 5) is 2.51. The Morgan fingerprint density at radius 3 is 2.50 bits per heavy atom. The van der Waals surface area contributed by atoms with Gasteiger partial charge in [-0.25, -0.2) is 0 Å². The van der Waals surface area contributed by atoms with Crippen LogP contribution in [-0.4, -0.2) is 43.5 Å². The first-order valence-corrected chi connectivity index (χ1v) is 6.23. The Morgan fingerprint density at radius 2 is 2.00 bits per heavy atom. The molecule has 3 heteroatoms. The first-order valence-electron chi connectivity index (χ1n) is 5.60. The molecule has 0 saturated heterocycles. The Bertz CT molecular complexity index is 122. The lowest BCUT2D eigenvalue weighted by atomic mass is 10.2. The SMILES string of the molecule is CCC(C)N(CCCCS)CCOC. The van der Waals surface area contributed by atoms with Crippen molar-refractivity contribution in [3.63, 3.8) is 0 Å². The molecule has 0 radical (unpaired) electrons. The van der Waals surface area contributed by atoms with Crippen LogP contribution in [0.1, 0.15) is 33.1 Å². The van der Waals surface area contributed by atoms with Gasteiger partial charge in [0, 0.05) is 19.7 Å². The molecule has 0 spiro atoms. The summed E-state index contributed by atoms with van der Waals surface area (Å²) in [7, 11) is 1.77. The molecule has 0 aliphatic carbocycles. The molecule has 14 heavy (non-hydrogen) atoms. The third-order valence-electron chi connectivity index (χ3n) is 2.65. The molecule has 0 heterocycles. The van der Waals surface area contributed by atoms with E-state index in [4.69, 9.17) is 4.74 Å². The second-order valence-corrected chi connectivity index (χ2v) is 4.16. The standard InChI is InChI=1S/C11H25NOS/c1-4-11(2)12(8-9-13-3)7-5-6-10-14/h11,14H,4-10H2,1-3H3. The first-order chi connectivity index (χ1) is 6.76. The highest BCUT2D eigenvalue weighted by Crippen LogP contribution is 2.05. The summed E-state index contributed by atoms with van der Waals surface area (Å²) in [6.07, 6.45) is 3.67. The molecule has 0 aliphatic heterocycles. The number of nitrogens with zero attached hydrogens (tertiary/aromatic N) is 1. The minimum Gasteiger partial charge on any atom is -0.383 e. The van der Waals surface area contributed by atoms with Gasteiger partial charge in [-0.15, -0.1) is 0 Å². The van der Waals surface area contributed by atoms with Gasteiger partial charge in [-0.2, -0.15) is 12.6 Å². The summed E-state index contributed by atoms with van der Waals surface area (Å²) in [5.74, 6) is 0.999. The number of rotatable bonds is 9. The molecular formula is C11H25NOS. The highest BCUT2D eigenvalue weighted by atomic mass is 32.1. The zero-order valence-corrected chi connectivity index (χ0v) is 10.7. The van der Waals surface area contributed by atoms with Crippen molar-refractivity contribution in [1.29, 1.82) is 0 Å². The third-order valence-corrected chi connectivity index (χ3v) is 2.97. The van der Waals surface area contributed by atoms with Crippen LogP contribution in [0, 0.1) is 0 Å². The maximum atomic E-state index is 5.12. The molecule has 0 aromatic carbocycles. The molecule has 0 fully saturated rings. The van der Waals surface area contributed by atoms with Crippen LogP contribution in [0.4, 0.5) is 0 Å². The summed E-state index contributed by atoms with van der Waals surface area (Å²) in [5.41, 5.74) is 0. The molecule has 86 valence electrons. The van der Waals surface area contributed by atoms with E-state index in [-0.39, 0.29) is 0 Å². The van der Waals surface area contributed by atoms with E-state index >= 15 is 0 Å². The fourth-order valence-electron chi connectivity index (χ4n) is 1.45. The highest BCUT2D eigenvalue weighted by Gasteiger charge is 2.10. The quantitative estimate of drug-likeness (QED) is 0.472. The average Bonchev–Trinajstić information content (AvgIpc) is 2.22. The number of thiol groups is 1. The minimum absolute atomic E-state index is 0.671. The topological polar surface area (TPSA) is 12.5 Å². The van der Waals surface area contributed by atoms with Crippen LogP contribution >= 0.6 is 12.6 Å². The van der Waals surface area contributed by atoms with Crippen molar-refractivity contribution in [3.05, 3.63) is 0 Å². The predicted octanol–water partition coefficient (Wildman–Crippen LogP) is 2.44. The van der Waals surface area contributed by atoms with Crippen LogP contribution in [0.5, 0.6) is 0 Å². The van der Waals surface area contributed by atoms with Crippen molar-refractivity contribution >= 4 is 12.6 Å². The summed E-state index contributed by atoms with van der Waals surface area (Å²) in [5, 5.41) is 0. The molecular weight excluding hydrogens is 194 g/mol. The fourth-order valence-corrected chi connectivity index (χ4v) is 1.67. The fraction of sp³-hybridized carbons (Fsp3) is 1.00. The average molecular weight is 219 g/mol. The second-order valence-electron chi connectivity index (χ2n) is 3.72. The summed E-state index contributed by atoms with van der Waals surface area (Å²) in [6.45, 7) is 7.60. The van der Waals surface area contributed by atoms with Gasteiger partial charge in [-0.3, -0.25) is 4.90 Å². The Balaban J connectivity index is 3.72. The van der Waals surface area contributed by atoms with Gasteiger partial charge in [0.15, 0.2) is 0 Å². The van der Waals surface area contributed by atoms with Crippen molar-refractivity contribution in [2.45, 2.75) is 39.2 Å². The van der Waals surface area contributed by atoms with Gasteiger partial charge < -0.3 is 4.74 Å². The Morgan fingerprint density at radius 1 is 1.29 bits per heavy atom. The van der Waals surface area contributed by atoms with Crippen LogP contribution in [0.3, 0.4) is 0 Å². The van der Waals surface area contributed by atoms with E-state index in [1.165, 1.54) is 25.8 Å². The van der Waals surface area contributed by atoms with Crippen LogP contribution in [0.15, 0.2) is 0 Å². The van der Waals surface area contributed by atoms with Gasteiger partial charge in [0.1, 0.15) is 0 Å². The zero-order chi connectivity index (χ0) is 10.8. The van der Waals surface area contributed by atoms with Crippen LogP contribution < -0.4 is 0 Å². The van der Waals surface area contributed by atoms with Gasteiger partial charge in [-0.1, -0.05) is 6.92 Å². The van der Waals surface area contributed by atoms with Crippen molar-refractivity contribution in [3.8, 4) is 0 Å². The molecule has 0 amide bonds. The van der Waals surface area contributed by atoms with E-state index in [2.05, 4.69) is 31.4 Å². The van der Waals surface area contributed by atoms with E-state index in [1.54, 1.807) is 7.11 Å². The smallest absolute Gasteiger partial charge is 0.0589 e. The monoisotopic (exact) mass is 219 g/mol. The van der Waals surface area contributed by atoms with Gasteiger partial charge in [0.2, 0.25) is 0 Å². The van der Waals surface area contributed by atoms with Crippen LogP contribution in [0.25, 0.3) is 0 Å². The van der Waals surface area contributed by atoms with Gasteiger partial charge >= 0.3 is 0 Å². The molecule has 0 rings (SSSR count). The molecule has 0 N–H and O–H groups in total. The summed E-state index contributed by atoms with van der Waals surface area (Å²) >= 11 is 4.23. The number of unbranched alkanes of at least 4 members (excludes halogenated alkanes) is 1. The van der Waals surface area contributed by atoms with Crippen molar-refractivity contribution in [2.24, 2.45) is 0 Å². The van der Waals surface area contributed by atoms with Crippen molar-refractivity contribution in [1.82, 2.24) is 4.90 Å². The number of hydrogen-bond donors (Lipinski definition) is 1. The highest BCUT2D eigenvalue weighted by molar-refractivity contribution is 7.80. The van der Waals surface area contributed by atoms with Crippen LogP contribution in [0.2, 0.25) is 0 Å². The summed E-state index contributed by atoms with van der Waals surface area (Å²) < 4.78 is 5.12. The molecule has 1 atom stereocenters. The number of methoxy groups -OCH3 is 1. The van der Waals surface area contributed by atoms with E-state index in [1.807, 2.05) is 0 Å². The number of ether oxygens (including phenoxy) is 1.